The topological polar surface area (TPSA) is 69.0 Å². The first-order chi connectivity index (χ1) is 18.3. The maximum atomic E-state index is 13.9. The standard InChI is InChI=1S/C32H33NO5/c1-20(2)36-16-8-15-33-28(24-11-13-25(14-12-24)37-19-23-9-6-5-7-10-23)27-29(34)26-18-21(3)17-22(4)30(26)38-31(27)32(33)35/h5-7,9-14,17-18,20,28H,8,15-16,19H2,1-4H3. The molecule has 1 aliphatic heterocycles. The summed E-state index contributed by atoms with van der Waals surface area (Å²) in [6, 6.07) is 20.9. The Hall–Kier alpha value is -3.90. The van der Waals surface area contributed by atoms with Crippen molar-refractivity contribution in [1.82, 2.24) is 4.90 Å². The summed E-state index contributed by atoms with van der Waals surface area (Å²) in [4.78, 5) is 29.2. The van der Waals surface area contributed by atoms with Crippen LogP contribution >= 0.6 is 0 Å². The first-order valence-corrected chi connectivity index (χ1v) is 13.1. The molecule has 1 unspecified atom stereocenters. The van der Waals surface area contributed by atoms with Gasteiger partial charge in [-0.2, -0.15) is 0 Å². The van der Waals surface area contributed by atoms with Gasteiger partial charge in [-0.15, -0.1) is 0 Å². The molecular weight excluding hydrogens is 478 g/mol. The fourth-order valence-electron chi connectivity index (χ4n) is 5.09. The number of rotatable bonds is 9. The first kappa shape index (κ1) is 25.7. The molecule has 6 nitrogen and oxygen atoms in total. The van der Waals surface area contributed by atoms with E-state index >= 15 is 0 Å². The van der Waals surface area contributed by atoms with Crippen LogP contribution < -0.4 is 10.2 Å². The second kappa shape index (κ2) is 10.8. The van der Waals surface area contributed by atoms with Crippen molar-refractivity contribution < 1.29 is 18.7 Å². The molecule has 0 saturated heterocycles. The van der Waals surface area contributed by atoms with Crippen LogP contribution in [0.1, 0.15) is 64.7 Å². The molecule has 0 aliphatic carbocycles. The summed E-state index contributed by atoms with van der Waals surface area (Å²) in [6.45, 7) is 9.26. The van der Waals surface area contributed by atoms with Gasteiger partial charge in [0.15, 0.2) is 5.43 Å². The van der Waals surface area contributed by atoms with Crippen LogP contribution in [0.25, 0.3) is 11.0 Å². The van der Waals surface area contributed by atoms with Gasteiger partial charge < -0.3 is 18.8 Å². The summed E-state index contributed by atoms with van der Waals surface area (Å²) < 4.78 is 17.8. The van der Waals surface area contributed by atoms with Crippen LogP contribution in [0.2, 0.25) is 0 Å². The van der Waals surface area contributed by atoms with Gasteiger partial charge in [0.2, 0.25) is 5.76 Å². The smallest absolute Gasteiger partial charge is 0.290 e. The quantitative estimate of drug-likeness (QED) is 0.245. The number of hydrogen-bond donors (Lipinski definition) is 0. The Morgan fingerprint density at radius 3 is 2.42 bits per heavy atom. The fourth-order valence-corrected chi connectivity index (χ4v) is 5.09. The zero-order chi connectivity index (χ0) is 26.8. The molecule has 3 aromatic carbocycles. The molecule has 2 heterocycles. The van der Waals surface area contributed by atoms with E-state index in [0.717, 1.165) is 28.0 Å². The Labute approximate surface area is 222 Å². The summed E-state index contributed by atoms with van der Waals surface area (Å²) in [7, 11) is 0. The van der Waals surface area contributed by atoms with E-state index < -0.39 is 6.04 Å². The van der Waals surface area contributed by atoms with E-state index in [1.165, 1.54) is 0 Å². The third-order valence-electron chi connectivity index (χ3n) is 6.84. The highest BCUT2D eigenvalue weighted by atomic mass is 16.5. The van der Waals surface area contributed by atoms with Crippen LogP contribution in [0.4, 0.5) is 0 Å². The minimum atomic E-state index is -0.541. The number of carbonyl (C=O) groups is 1. The molecular formula is C32H33NO5. The minimum absolute atomic E-state index is 0.112. The van der Waals surface area contributed by atoms with Gasteiger partial charge in [-0.3, -0.25) is 9.59 Å². The molecule has 0 radical (unpaired) electrons. The molecule has 0 saturated carbocycles. The lowest BCUT2D eigenvalue weighted by Gasteiger charge is -2.25. The van der Waals surface area contributed by atoms with Crippen molar-refractivity contribution in [3.8, 4) is 5.75 Å². The maximum absolute atomic E-state index is 13.9. The van der Waals surface area contributed by atoms with Gasteiger partial charge in [0.1, 0.15) is 17.9 Å². The van der Waals surface area contributed by atoms with E-state index in [-0.39, 0.29) is 23.2 Å². The number of amides is 1. The van der Waals surface area contributed by atoms with Crippen molar-refractivity contribution in [3.63, 3.8) is 0 Å². The minimum Gasteiger partial charge on any atom is -0.489 e. The molecule has 0 N–H and O–H groups in total. The average Bonchev–Trinajstić information content (AvgIpc) is 3.18. The predicted molar refractivity (Wildman–Crippen MR) is 148 cm³/mol. The summed E-state index contributed by atoms with van der Waals surface area (Å²) in [5, 5.41) is 0.506. The molecule has 0 fully saturated rings. The highest BCUT2D eigenvalue weighted by Gasteiger charge is 2.42. The molecule has 0 spiro atoms. The van der Waals surface area contributed by atoms with Crippen LogP contribution in [0, 0.1) is 13.8 Å². The van der Waals surface area contributed by atoms with Crippen LogP contribution in [0.15, 0.2) is 75.9 Å². The Kier molecular flexibility index (Phi) is 7.34. The van der Waals surface area contributed by atoms with E-state index in [0.29, 0.717) is 42.7 Å². The summed E-state index contributed by atoms with van der Waals surface area (Å²) in [6.07, 6.45) is 0.763. The Morgan fingerprint density at radius 1 is 0.974 bits per heavy atom. The molecule has 4 aromatic rings. The van der Waals surface area contributed by atoms with Gasteiger partial charge in [-0.1, -0.05) is 48.5 Å². The van der Waals surface area contributed by atoms with Crippen LogP contribution in [0.3, 0.4) is 0 Å². The van der Waals surface area contributed by atoms with Gasteiger partial charge in [0, 0.05) is 13.2 Å². The highest BCUT2D eigenvalue weighted by Crippen LogP contribution is 2.39. The van der Waals surface area contributed by atoms with Crippen molar-refractivity contribution in [2.24, 2.45) is 0 Å². The van der Waals surface area contributed by atoms with E-state index in [2.05, 4.69) is 0 Å². The predicted octanol–water partition coefficient (Wildman–Crippen LogP) is 6.35. The van der Waals surface area contributed by atoms with Crippen molar-refractivity contribution in [2.45, 2.75) is 52.9 Å². The molecule has 196 valence electrons. The average molecular weight is 512 g/mol. The third kappa shape index (κ3) is 5.09. The molecule has 1 atom stereocenters. The summed E-state index contributed by atoms with van der Waals surface area (Å²) >= 11 is 0. The highest BCUT2D eigenvalue weighted by molar-refractivity contribution is 5.99. The van der Waals surface area contributed by atoms with Crippen molar-refractivity contribution in [2.75, 3.05) is 13.2 Å². The second-order valence-corrected chi connectivity index (χ2v) is 10.1. The van der Waals surface area contributed by atoms with Gasteiger partial charge in [-0.25, -0.2) is 0 Å². The zero-order valence-corrected chi connectivity index (χ0v) is 22.3. The van der Waals surface area contributed by atoms with Crippen molar-refractivity contribution >= 4 is 16.9 Å². The van der Waals surface area contributed by atoms with Crippen LogP contribution in [-0.4, -0.2) is 30.1 Å². The van der Waals surface area contributed by atoms with Gasteiger partial charge in [0.25, 0.3) is 5.91 Å². The normalized spacial score (nSPS) is 14.9. The van der Waals surface area contributed by atoms with Crippen molar-refractivity contribution in [3.05, 3.63) is 111 Å². The molecule has 5 rings (SSSR count). The lowest BCUT2D eigenvalue weighted by atomic mass is 9.97. The van der Waals surface area contributed by atoms with Gasteiger partial charge >= 0.3 is 0 Å². The largest absolute Gasteiger partial charge is 0.489 e. The molecule has 1 aliphatic rings. The van der Waals surface area contributed by atoms with Crippen LogP contribution in [-0.2, 0) is 11.3 Å². The summed E-state index contributed by atoms with van der Waals surface area (Å²) in [5.74, 6) is 0.586. The fraction of sp³-hybridized carbons (Fsp3) is 0.312. The van der Waals surface area contributed by atoms with E-state index in [1.807, 2.05) is 94.4 Å². The van der Waals surface area contributed by atoms with E-state index in [9.17, 15) is 9.59 Å². The van der Waals surface area contributed by atoms with Crippen molar-refractivity contribution in [1.29, 1.82) is 0 Å². The Morgan fingerprint density at radius 2 is 1.71 bits per heavy atom. The number of ether oxygens (including phenoxy) is 2. The molecule has 0 bridgehead atoms. The lowest BCUT2D eigenvalue weighted by molar-refractivity contribution is 0.0593. The van der Waals surface area contributed by atoms with E-state index in [4.69, 9.17) is 13.9 Å². The van der Waals surface area contributed by atoms with Crippen LogP contribution in [0.5, 0.6) is 5.75 Å². The number of nitrogens with zero attached hydrogens (tertiary/aromatic N) is 1. The second-order valence-electron chi connectivity index (χ2n) is 10.1. The number of benzene rings is 3. The number of carbonyl (C=O) groups excluding carboxylic acids is 1. The Balaban J connectivity index is 1.50. The molecule has 6 heteroatoms. The number of fused-ring (bicyclic) bond motifs is 2. The zero-order valence-electron chi connectivity index (χ0n) is 22.3. The summed E-state index contributed by atoms with van der Waals surface area (Å²) in [5.41, 5.74) is 4.45. The van der Waals surface area contributed by atoms with E-state index in [1.54, 1.807) is 4.90 Å². The molecule has 1 aromatic heterocycles. The van der Waals surface area contributed by atoms with Gasteiger partial charge in [0.05, 0.1) is 23.1 Å². The third-order valence-corrected chi connectivity index (χ3v) is 6.84. The SMILES string of the molecule is Cc1cc(C)c2oc3c(c(=O)c2c1)C(c1ccc(OCc2ccccc2)cc1)N(CCCOC(C)C)C3=O. The lowest BCUT2D eigenvalue weighted by Crippen LogP contribution is -2.31. The molecule has 1 amide bonds. The first-order valence-electron chi connectivity index (χ1n) is 13.1. The maximum Gasteiger partial charge on any atom is 0.290 e. The Bertz CT molecular complexity index is 1510. The number of aryl methyl sites for hydroxylation is 2. The molecule has 38 heavy (non-hydrogen) atoms. The van der Waals surface area contributed by atoms with Gasteiger partial charge in [-0.05, 0) is 74.6 Å². The number of hydrogen-bond acceptors (Lipinski definition) is 5. The monoisotopic (exact) mass is 511 g/mol.